The standard InChI is InChI=1S/C15H24N2O/c1-11-3-5-12(6-4-11)10-17-13-7-8-14(16)15(9-13)18-2/h7-9,11-12,17H,3-6,10,16H2,1-2H3. The van der Waals surface area contributed by atoms with Crippen molar-refractivity contribution >= 4 is 11.4 Å². The Hall–Kier alpha value is -1.38. The Morgan fingerprint density at radius 3 is 2.67 bits per heavy atom. The number of ether oxygens (including phenoxy) is 1. The summed E-state index contributed by atoms with van der Waals surface area (Å²) in [6, 6.07) is 5.88. The number of rotatable bonds is 4. The zero-order chi connectivity index (χ0) is 13.0. The summed E-state index contributed by atoms with van der Waals surface area (Å²) >= 11 is 0. The molecule has 2 rings (SSSR count). The van der Waals surface area contributed by atoms with E-state index in [1.165, 1.54) is 25.7 Å². The van der Waals surface area contributed by atoms with E-state index in [0.717, 1.165) is 29.8 Å². The maximum atomic E-state index is 5.80. The summed E-state index contributed by atoms with van der Waals surface area (Å²) in [6.45, 7) is 3.41. The Morgan fingerprint density at radius 2 is 2.00 bits per heavy atom. The summed E-state index contributed by atoms with van der Waals surface area (Å²) in [7, 11) is 1.65. The van der Waals surface area contributed by atoms with E-state index in [0.29, 0.717) is 5.69 Å². The zero-order valence-corrected chi connectivity index (χ0v) is 11.4. The van der Waals surface area contributed by atoms with Gasteiger partial charge in [0.1, 0.15) is 5.75 Å². The molecule has 3 heteroatoms. The van der Waals surface area contributed by atoms with Crippen molar-refractivity contribution in [2.75, 3.05) is 24.7 Å². The molecule has 1 aromatic carbocycles. The van der Waals surface area contributed by atoms with Gasteiger partial charge in [-0.2, -0.15) is 0 Å². The first-order chi connectivity index (χ1) is 8.69. The van der Waals surface area contributed by atoms with Crippen LogP contribution in [0.1, 0.15) is 32.6 Å². The molecule has 0 unspecified atom stereocenters. The topological polar surface area (TPSA) is 47.3 Å². The molecule has 0 heterocycles. The van der Waals surface area contributed by atoms with E-state index in [9.17, 15) is 0 Å². The molecule has 0 saturated heterocycles. The van der Waals surface area contributed by atoms with E-state index in [1.807, 2.05) is 18.2 Å². The number of hydrogen-bond acceptors (Lipinski definition) is 3. The van der Waals surface area contributed by atoms with Crippen LogP contribution in [0.15, 0.2) is 18.2 Å². The molecule has 1 aliphatic rings. The van der Waals surface area contributed by atoms with Crippen molar-refractivity contribution in [2.24, 2.45) is 11.8 Å². The van der Waals surface area contributed by atoms with Crippen LogP contribution in [0.4, 0.5) is 11.4 Å². The molecule has 0 aromatic heterocycles. The molecule has 0 amide bonds. The fraction of sp³-hybridized carbons (Fsp3) is 0.600. The predicted octanol–water partition coefficient (Wildman–Crippen LogP) is 3.52. The van der Waals surface area contributed by atoms with E-state index in [1.54, 1.807) is 7.11 Å². The molecule has 3 N–H and O–H groups in total. The van der Waals surface area contributed by atoms with Crippen LogP contribution in [-0.2, 0) is 0 Å². The second-order valence-corrected chi connectivity index (χ2v) is 5.46. The summed E-state index contributed by atoms with van der Waals surface area (Å²) in [4.78, 5) is 0. The lowest BCUT2D eigenvalue weighted by Gasteiger charge is -2.26. The van der Waals surface area contributed by atoms with Crippen LogP contribution in [0.5, 0.6) is 5.75 Å². The zero-order valence-electron chi connectivity index (χ0n) is 11.4. The van der Waals surface area contributed by atoms with Crippen molar-refractivity contribution in [3.8, 4) is 5.75 Å². The van der Waals surface area contributed by atoms with Crippen molar-refractivity contribution in [2.45, 2.75) is 32.6 Å². The molecule has 100 valence electrons. The van der Waals surface area contributed by atoms with Gasteiger partial charge in [0, 0.05) is 18.3 Å². The molecule has 3 nitrogen and oxygen atoms in total. The first-order valence-corrected chi connectivity index (χ1v) is 6.86. The van der Waals surface area contributed by atoms with Crippen LogP contribution >= 0.6 is 0 Å². The van der Waals surface area contributed by atoms with E-state index in [-0.39, 0.29) is 0 Å². The van der Waals surface area contributed by atoms with Gasteiger partial charge < -0.3 is 15.8 Å². The Kier molecular flexibility index (Phi) is 4.34. The maximum absolute atomic E-state index is 5.80. The average molecular weight is 248 g/mol. The maximum Gasteiger partial charge on any atom is 0.143 e. The lowest BCUT2D eigenvalue weighted by molar-refractivity contribution is 0.300. The molecule has 0 radical (unpaired) electrons. The van der Waals surface area contributed by atoms with Gasteiger partial charge in [-0.1, -0.05) is 19.8 Å². The highest BCUT2D eigenvalue weighted by Crippen LogP contribution is 2.29. The van der Waals surface area contributed by atoms with Crippen LogP contribution in [0.3, 0.4) is 0 Å². The van der Waals surface area contributed by atoms with Gasteiger partial charge in [-0.3, -0.25) is 0 Å². The van der Waals surface area contributed by atoms with Crippen LogP contribution in [0, 0.1) is 11.8 Å². The van der Waals surface area contributed by atoms with Crippen LogP contribution in [0.2, 0.25) is 0 Å². The number of nitrogen functional groups attached to an aromatic ring is 1. The molecule has 0 bridgehead atoms. The third-order valence-electron chi connectivity index (χ3n) is 3.96. The van der Waals surface area contributed by atoms with E-state index >= 15 is 0 Å². The van der Waals surface area contributed by atoms with Gasteiger partial charge in [-0.25, -0.2) is 0 Å². The van der Waals surface area contributed by atoms with Crippen LogP contribution < -0.4 is 15.8 Å². The molecule has 1 aliphatic carbocycles. The molecule has 1 aromatic rings. The molecular formula is C15H24N2O. The second-order valence-electron chi connectivity index (χ2n) is 5.46. The summed E-state index contributed by atoms with van der Waals surface area (Å²) < 4.78 is 5.23. The largest absolute Gasteiger partial charge is 0.495 e. The number of nitrogens with two attached hydrogens (primary N) is 1. The molecule has 1 saturated carbocycles. The van der Waals surface area contributed by atoms with Crippen molar-refractivity contribution in [3.63, 3.8) is 0 Å². The third kappa shape index (κ3) is 3.31. The number of methoxy groups -OCH3 is 1. The fourth-order valence-corrected chi connectivity index (χ4v) is 2.62. The smallest absolute Gasteiger partial charge is 0.143 e. The lowest BCUT2D eigenvalue weighted by atomic mass is 9.83. The van der Waals surface area contributed by atoms with Gasteiger partial charge >= 0.3 is 0 Å². The predicted molar refractivity (Wildman–Crippen MR) is 77.0 cm³/mol. The first kappa shape index (κ1) is 13.1. The summed E-state index contributed by atoms with van der Waals surface area (Å²) in [5.74, 6) is 2.47. The number of hydrogen-bond donors (Lipinski definition) is 2. The highest BCUT2D eigenvalue weighted by molar-refractivity contribution is 5.61. The second kappa shape index (κ2) is 5.98. The molecule has 0 atom stereocenters. The Balaban J connectivity index is 1.86. The highest BCUT2D eigenvalue weighted by Gasteiger charge is 2.17. The third-order valence-corrected chi connectivity index (χ3v) is 3.96. The molecular weight excluding hydrogens is 224 g/mol. The number of benzene rings is 1. The number of anilines is 2. The van der Waals surface area contributed by atoms with Gasteiger partial charge in [0.2, 0.25) is 0 Å². The minimum Gasteiger partial charge on any atom is -0.495 e. The normalized spacial score (nSPS) is 23.7. The van der Waals surface area contributed by atoms with E-state index in [4.69, 9.17) is 10.5 Å². The lowest BCUT2D eigenvalue weighted by Crippen LogP contribution is -2.20. The minimum atomic E-state index is 0.689. The van der Waals surface area contributed by atoms with Gasteiger partial charge in [0.05, 0.1) is 12.8 Å². The molecule has 0 spiro atoms. The Labute approximate surface area is 110 Å². The summed E-state index contributed by atoms with van der Waals surface area (Å²) in [5.41, 5.74) is 7.59. The summed E-state index contributed by atoms with van der Waals surface area (Å²) in [5, 5.41) is 3.50. The fourth-order valence-electron chi connectivity index (χ4n) is 2.62. The Bertz CT molecular complexity index is 384. The quantitative estimate of drug-likeness (QED) is 0.801. The monoisotopic (exact) mass is 248 g/mol. The van der Waals surface area contributed by atoms with Gasteiger partial charge in [-0.15, -0.1) is 0 Å². The highest BCUT2D eigenvalue weighted by atomic mass is 16.5. The average Bonchev–Trinajstić information content (AvgIpc) is 2.39. The van der Waals surface area contributed by atoms with Gasteiger partial charge in [0.15, 0.2) is 0 Å². The van der Waals surface area contributed by atoms with E-state index in [2.05, 4.69) is 12.2 Å². The van der Waals surface area contributed by atoms with Crippen LogP contribution in [0.25, 0.3) is 0 Å². The SMILES string of the molecule is COc1cc(NCC2CCC(C)CC2)ccc1N. The van der Waals surface area contributed by atoms with Gasteiger partial charge in [-0.05, 0) is 36.8 Å². The molecule has 1 fully saturated rings. The van der Waals surface area contributed by atoms with Crippen molar-refractivity contribution < 1.29 is 4.74 Å². The van der Waals surface area contributed by atoms with E-state index < -0.39 is 0 Å². The molecule has 18 heavy (non-hydrogen) atoms. The number of nitrogens with one attached hydrogen (secondary N) is 1. The first-order valence-electron chi connectivity index (χ1n) is 6.86. The minimum absolute atomic E-state index is 0.689. The summed E-state index contributed by atoms with van der Waals surface area (Å²) in [6.07, 6.45) is 5.44. The Morgan fingerprint density at radius 1 is 1.28 bits per heavy atom. The van der Waals surface area contributed by atoms with Crippen molar-refractivity contribution in [1.82, 2.24) is 0 Å². The van der Waals surface area contributed by atoms with Crippen molar-refractivity contribution in [3.05, 3.63) is 18.2 Å². The molecule has 0 aliphatic heterocycles. The van der Waals surface area contributed by atoms with Crippen molar-refractivity contribution in [1.29, 1.82) is 0 Å². The van der Waals surface area contributed by atoms with Crippen LogP contribution in [-0.4, -0.2) is 13.7 Å². The van der Waals surface area contributed by atoms with Gasteiger partial charge in [0.25, 0.3) is 0 Å².